The molecule has 0 unspecified atom stereocenters. The summed E-state index contributed by atoms with van der Waals surface area (Å²) in [6.07, 6.45) is 0. The zero-order chi connectivity index (χ0) is 14.3. The van der Waals surface area contributed by atoms with Gasteiger partial charge in [-0.2, -0.15) is 0 Å². The van der Waals surface area contributed by atoms with Gasteiger partial charge in [-0.15, -0.1) is 0 Å². The second-order valence-corrected chi connectivity index (χ2v) is 2.08. The van der Waals surface area contributed by atoms with Crippen LogP contribution in [-0.2, 0) is 19.2 Å². The van der Waals surface area contributed by atoms with Gasteiger partial charge in [0.25, 0.3) is 23.9 Å². The van der Waals surface area contributed by atoms with Crippen molar-refractivity contribution in [3.05, 3.63) is 0 Å². The first-order chi connectivity index (χ1) is 6.93. The normalized spacial score (nSPS) is 5.88. The molecule has 0 rings (SSSR count). The van der Waals surface area contributed by atoms with Gasteiger partial charge in [-0.3, -0.25) is 19.2 Å². The summed E-state index contributed by atoms with van der Waals surface area (Å²) in [5.74, 6) is -3.33. The van der Waals surface area contributed by atoms with E-state index in [0.717, 1.165) is 27.7 Å². The SMILES string of the molecule is CC(=O)O.CC(=O)O.CC(=O)O.CC(=O)O.[Th]. The number of hydrogen-bond acceptors (Lipinski definition) is 4. The van der Waals surface area contributed by atoms with Crippen molar-refractivity contribution in [1.29, 1.82) is 0 Å². The molecule has 9 heteroatoms. The first-order valence-electron chi connectivity index (χ1n) is 3.71. The van der Waals surface area contributed by atoms with Crippen molar-refractivity contribution in [2.45, 2.75) is 27.7 Å². The maximum atomic E-state index is 9.00. The second kappa shape index (κ2) is 24.4. The van der Waals surface area contributed by atoms with Gasteiger partial charge in [-0.1, -0.05) is 0 Å². The van der Waals surface area contributed by atoms with E-state index in [1.165, 1.54) is 0 Å². The molecule has 0 aliphatic heterocycles. The summed E-state index contributed by atoms with van der Waals surface area (Å²) in [5, 5.41) is 29.7. The Balaban J connectivity index is -0.0000000369. The molecule has 17 heavy (non-hydrogen) atoms. The first-order valence-corrected chi connectivity index (χ1v) is 3.71. The van der Waals surface area contributed by atoms with E-state index in [2.05, 4.69) is 0 Å². The molecule has 0 fully saturated rings. The fourth-order valence-electron chi connectivity index (χ4n) is 0. The van der Waals surface area contributed by atoms with Crippen LogP contribution in [0.25, 0.3) is 0 Å². The molecule has 0 saturated heterocycles. The molecule has 4 N–H and O–H groups in total. The molecular weight excluding hydrogens is 456 g/mol. The third-order valence-corrected chi connectivity index (χ3v) is 0. The molecule has 0 aliphatic rings. The molecule has 8 nitrogen and oxygen atoms in total. The summed E-state index contributed by atoms with van der Waals surface area (Å²) < 4.78 is 0. The summed E-state index contributed by atoms with van der Waals surface area (Å²) in [7, 11) is 0. The van der Waals surface area contributed by atoms with Gasteiger partial charge in [-0.25, -0.2) is 0 Å². The van der Waals surface area contributed by atoms with Gasteiger partial charge < -0.3 is 20.4 Å². The monoisotopic (exact) mass is 472 g/mol. The fraction of sp³-hybridized carbons (Fsp3) is 0.500. The van der Waals surface area contributed by atoms with E-state index < -0.39 is 23.9 Å². The van der Waals surface area contributed by atoms with Gasteiger partial charge in [0.1, 0.15) is 0 Å². The van der Waals surface area contributed by atoms with E-state index in [1.807, 2.05) is 0 Å². The van der Waals surface area contributed by atoms with Crippen molar-refractivity contribution in [3.63, 3.8) is 0 Å². The van der Waals surface area contributed by atoms with Gasteiger partial charge in [-0.05, 0) is 0 Å². The number of carboxylic acids is 4. The van der Waals surface area contributed by atoms with Crippen molar-refractivity contribution < 1.29 is 79.5 Å². The molecule has 0 heterocycles. The van der Waals surface area contributed by atoms with Crippen LogP contribution < -0.4 is 0 Å². The zero-order valence-electron chi connectivity index (χ0n) is 9.92. The van der Waals surface area contributed by atoms with E-state index in [0.29, 0.717) is 0 Å². The molecular formula is C8H16O8Th. The van der Waals surface area contributed by atoms with Crippen LogP contribution in [0.3, 0.4) is 0 Å². The Morgan fingerprint density at radius 3 is 0.529 bits per heavy atom. The van der Waals surface area contributed by atoms with Crippen LogP contribution in [-0.4, -0.2) is 44.3 Å². The van der Waals surface area contributed by atoms with Crippen LogP contribution >= 0.6 is 0 Å². The van der Waals surface area contributed by atoms with E-state index in [1.54, 1.807) is 0 Å². The zero-order valence-corrected chi connectivity index (χ0v) is 14.0. The molecule has 0 aliphatic carbocycles. The largest absolute Gasteiger partial charge is 0.481 e. The fourth-order valence-corrected chi connectivity index (χ4v) is 0. The third kappa shape index (κ3) is 4190. The van der Waals surface area contributed by atoms with Crippen LogP contribution in [0, 0.1) is 39.9 Å². The average Bonchev–Trinajstić information content (AvgIpc) is 1.76. The molecule has 0 radical (unpaired) electrons. The van der Waals surface area contributed by atoms with Crippen molar-refractivity contribution in [3.8, 4) is 0 Å². The van der Waals surface area contributed by atoms with Gasteiger partial charge in [0.05, 0.1) is 0 Å². The van der Waals surface area contributed by atoms with Crippen LogP contribution in [0.2, 0.25) is 0 Å². The quantitative estimate of drug-likeness (QED) is 0.395. The van der Waals surface area contributed by atoms with Crippen molar-refractivity contribution in [2.75, 3.05) is 0 Å². The minimum absolute atomic E-state index is 0. The Morgan fingerprint density at radius 2 is 0.529 bits per heavy atom. The third-order valence-electron chi connectivity index (χ3n) is 0. The molecule has 0 spiro atoms. The summed E-state index contributed by atoms with van der Waals surface area (Å²) in [6.45, 7) is 4.33. The molecule has 0 amide bonds. The smallest absolute Gasteiger partial charge is 0.300 e. The standard InChI is InChI=1S/4C2H4O2.Th/c4*1-2(3)4;/h4*1H3,(H,3,4);. The molecule has 0 saturated carbocycles. The minimum Gasteiger partial charge on any atom is -0.481 e. The Bertz CT molecular complexity index is 162. The molecule has 0 atom stereocenters. The van der Waals surface area contributed by atoms with Crippen molar-refractivity contribution >= 4 is 23.9 Å². The van der Waals surface area contributed by atoms with Crippen molar-refractivity contribution in [1.82, 2.24) is 0 Å². The van der Waals surface area contributed by atoms with Crippen molar-refractivity contribution in [2.24, 2.45) is 0 Å². The van der Waals surface area contributed by atoms with Crippen LogP contribution in [0.1, 0.15) is 27.7 Å². The molecule has 100 valence electrons. The number of carboxylic acid groups (broad SMARTS) is 4. The number of aliphatic carboxylic acids is 4. The van der Waals surface area contributed by atoms with E-state index in [4.69, 9.17) is 39.6 Å². The Hall–Kier alpha value is -0.795. The summed E-state index contributed by atoms with van der Waals surface area (Å²) in [4.78, 5) is 36.0. The molecule has 0 aromatic carbocycles. The maximum Gasteiger partial charge on any atom is 0.300 e. The van der Waals surface area contributed by atoms with Gasteiger partial charge >= 0.3 is 0 Å². The van der Waals surface area contributed by atoms with Gasteiger partial charge in [0.2, 0.25) is 0 Å². The van der Waals surface area contributed by atoms with E-state index in [9.17, 15) is 0 Å². The molecule has 0 bridgehead atoms. The van der Waals surface area contributed by atoms with Gasteiger partial charge in [0, 0.05) is 67.6 Å². The summed E-state index contributed by atoms with van der Waals surface area (Å²) >= 11 is 0. The number of hydrogen-bond donors (Lipinski definition) is 4. The Labute approximate surface area is 130 Å². The van der Waals surface area contributed by atoms with E-state index in [-0.39, 0.29) is 39.9 Å². The maximum absolute atomic E-state index is 9.00. The van der Waals surface area contributed by atoms with E-state index >= 15 is 0 Å². The molecule has 0 aromatic heterocycles. The molecule has 0 aromatic rings. The Morgan fingerprint density at radius 1 is 0.529 bits per heavy atom. The van der Waals surface area contributed by atoms with Gasteiger partial charge in [0.15, 0.2) is 0 Å². The second-order valence-electron chi connectivity index (χ2n) is 2.08. The van der Waals surface area contributed by atoms with Crippen LogP contribution in [0.4, 0.5) is 0 Å². The first kappa shape index (κ1) is 29.8. The van der Waals surface area contributed by atoms with Crippen LogP contribution in [0.5, 0.6) is 0 Å². The summed E-state index contributed by atoms with van der Waals surface area (Å²) in [6, 6.07) is 0. The minimum atomic E-state index is -0.833. The van der Waals surface area contributed by atoms with Crippen LogP contribution in [0.15, 0.2) is 0 Å². The average molecular weight is 472 g/mol. The predicted octanol–water partition coefficient (Wildman–Crippen LogP) is 0.364. The predicted molar refractivity (Wildman–Crippen MR) is 53.2 cm³/mol. The number of rotatable bonds is 0. The summed E-state index contributed by atoms with van der Waals surface area (Å²) in [5.41, 5.74) is 0. The Kier molecular flexibility index (Phi) is 42.9. The number of carbonyl (C=O) groups is 4. The topological polar surface area (TPSA) is 149 Å².